The average molecular weight is 840 g/mol. The molecule has 3 aromatic carbocycles. The predicted molar refractivity (Wildman–Crippen MR) is 255 cm³/mol. The van der Waals surface area contributed by atoms with Crippen LogP contribution in [0.15, 0.2) is 131 Å². The Labute approximate surface area is 373 Å². The Morgan fingerprint density at radius 3 is 2.13 bits per heavy atom. The minimum Gasteiger partial charge on any atom is -0.511 e. The predicted octanol–water partition coefficient (Wildman–Crippen LogP) is 10.9. The topological polar surface area (TPSA) is 145 Å². The molecule has 0 bridgehead atoms. The van der Waals surface area contributed by atoms with Crippen molar-refractivity contribution in [2.45, 2.75) is 103 Å². The first kappa shape index (κ1) is 43.5. The Balaban J connectivity index is 1.37. The van der Waals surface area contributed by atoms with Crippen molar-refractivity contribution in [3.63, 3.8) is 0 Å². The second-order valence-corrected chi connectivity index (χ2v) is 19.5. The molecule has 3 aromatic rings. The smallest absolute Gasteiger partial charge is 0.204 e. The van der Waals surface area contributed by atoms with E-state index in [0.29, 0.717) is 11.4 Å². The van der Waals surface area contributed by atoms with E-state index in [1.54, 1.807) is 6.08 Å². The van der Waals surface area contributed by atoms with Gasteiger partial charge in [0.05, 0.1) is 0 Å². The van der Waals surface area contributed by atoms with Gasteiger partial charge in [0.15, 0.2) is 23.0 Å². The normalized spacial score (nSPS) is 26.7. The van der Waals surface area contributed by atoms with Gasteiger partial charge in [-0.3, -0.25) is 0 Å². The maximum Gasteiger partial charge on any atom is 0.204 e. The summed E-state index contributed by atoms with van der Waals surface area (Å²) in [6.07, 6.45) is 19.3. The summed E-state index contributed by atoms with van der Waals surface area (Å²) < 4.78 is 0. The van der Waals surface area contributed by atoms with Gasteiger partial charge in [-0.1, -0.05) is 121 Å². The Kier molecular flexibility index (Phi) is 10.4. The highest BCUT2D eigenvalue weighted by Crippen LogP contribution is 2.65. The lowest BCUT2D eigenvalue weighted by Crippen LogP contribution is -2.34. The molecule has 63 heavy (non-hydrogen) atoms. The maximum absolute atomic E-state index is 12.4. The van der Waals surface area contributed by atoms with Crippen LogP contribution in [0, 0.1) is 5.41 Å². The van der Waals surface area contributed by atoms with Gasteiger partial charge < -0.3 is 40.6 Å². The van der Waals surface area contributed by atoms with Crippen molar-refractivity contribution in [2.75, 3.05) is 4.90 Å². The van der Waals surface area contributed by atoms with Gasteiger partial charge in [0.25, 0.3) is 0 Å². The van der Waals surface area contributed by atoms with Crippen molar-refractivity contribution in [3.8, 4) is 23.0 Å². The van der Waals surface area contributed by atoms with Crippen LogP contribution in [0.4, 0.5) is 11.4 Å². The Hall–Kier alpha value is -6.15. The lowest BCUT2D eigenvalue weighted by atomic mass is 9.71. The Morgan fingerprint density at radius 1 is 0.794 bits per heavy atom. The van der Waals surface area contributed by atoms with Crippen LogP contribution in [0.2, 0.25) is 0 Å². The fourth-order valence-corrected chi connectivity index (χ4v) is 11.5. The van der Waals surface area contributed by atoms with E-state index in [0.717, 1.165) is 48.0 Å². The standard InChI is InChI=1S/C53H55B2NO7/c1-9-14-30-31-20-18-28(22-37(31)52(7,8)33(30)15-10-2)56(40-25-41(57)44(58)32(24-39(54)45(40)59)42-43(55)47(61)49(63)48(62)46(42)60)29-19-21-36-38(23-29)51(5,6)27-53(36)26-50(3,4)34-16-12-11-13-17-35(34)53/h10-15,17-23,25,40,57-63H,2,9,16,24,26-27H2,1,3-8H3/b30-14-,33-15+,41-25?,44-32-,45-39-. The number of hydrogen-bond donors (Lipinski definition) is 7. The van der Waals surface area contributed by atoms with Gasteiger partial charge in [0.2, 0.25) is 11.5 Å². The van der Waals surface area contributed by atoms with E-state index < -0.39 is 63.4 Å². The Morgan fingerprint density at radius 2 is 1.44 bits per heavy atom. The first-order chi connectivity index (χ1) is 29.6. The number of anilines is 2. The highest BCUT2D eigenvalue weighted by atomic mass is 16.3. The zero-order valence-corrected chi connectivity index (χ0v) is 37.1. The second-order valence-electron chi connectivity index (χ2n) is 19.5. The molecule has 5 aliphatic carbocycles. The number of rotatable bonds is 6. The molecule has 10 heteroatoms. The van der Waals surface area contributed by atoms with Crippen molar-refractivity contribution in [2.24, 2.45) is 5.41 Å². The molecule has 0 amide bonds. The molecular weight excluding hydrogens is 784 g/mol. The first-order valence-corrected chi connectivity index (χ1v) is 21.6. The number of phenolic OH excluding ortho intramolecular Hbond substituents is 4. The number of fused-ring (bicyclic) bond motifs is 4. The van der Waals surface area contributed by atoms with Gasteiger partial charge in [-0.2, -0.15) is 0 Å². The molecule has 7 N–H and O–H groups in total. The molecule has 0 aliphatic heterocycles. The summed E-state index contributed by atoms with van der Waals surface area (Å²) in [5.74, 6) is -5.92. The third-order valence-corrected chi connectivity index (χ3v) is 14.2. The molecule has 0 fully saturated rings. The number of allylic oxidation sites excluding steroid dienone is 13. The van der Waals surface area contributed by atoms with Gasteiger partial charge in [0.1, 0.15) is 27.5 Å². The van der Waals surface area contributed by atoms with Gasteiger partial charge in [-0.05, 0) is 118 Å². The average Bonchev–Trinajstić information content (AvgIpc) is 3.52. The highest BCUT2D eigenvalue weighted by Gasteiger charge is 2.56. The zero-order chi connectivity index (χ0) is 45.7. The largest absolute Gasteiger partial charge is 0.511 e. The molecule has 2 unspecified atom stereocenters. The van der Waals surface area contributed by atoms with Crippen molar-refractivity contribution < 1.29 is 35.7 Å². The number of aromatic hydroxyl groups is 4. The van der Waals surface area contributed by atoms with Gasteiger partial charge >= 0.3 is 0 Å². The van der Waals surface area contributed by atoms with Crippen molar-refractivity contribution in [3.05, 3.63) is 159 Å². The van der Waals surface area contributed by atoms with E-state index >= 15 is 0 Å². The lowest BCUT2D eigenvalue weighted by molar-refractivity contribution is 0.315. The van der Waals surface area contributed by atoms with Crippen molar-refractivity contribution in [1.29, 1.82) is 0 Å². The molecule has 1 spiro atoms. The zero-order valence-electron chi connectivity index (χ0n) is 37.1. The van der Waals surface area contributed by atoms with Crippen LogP contribution in [-0.2, 0) is 16.2 Å². The van der Waals surface area contributed by atoms with Crippen LogP contribution >= 0.6 is 0 Å². The molecule has 8 nitrogen and oxygen atoms in total. The van der Waals surface area contributed by atoms with Gasteiger partial charge in [-0.15, -0.1) is 0 Å². The van der Waals surface area contributed by atoms with Crippen LogP contribution in [0.25, 0.3) is 11.1 Å². The highest BCUT2D eigenvalue weighted by molar-refractivity contribution is 6.37. The second kappa shape index (κ2) is 15.0. The van der Waals surface area contributed by atoms with E-state index in [1.165, 1.54) is 28.3 Å². The summed E-state index contributed by atoms with van der Waals surface area (Å²) in [5, 5.41) is 77.9. The number of aliphatic hydroxyl groups is 3. The summed E-state index contributed by atoms with van der Waals surface area (Å²) in [6, 6.07) is 11.5. The summed E-state index contributed by atoms with van der Waals surface area (Å²) in [4.78, 5) is 1.91. The summed E-state index contributed by atoms with van der Waals surface area (Å²) in [5.41, 5.74) is 8.61. The van der Waals surface area contributed by atoms with Gasteiger partial charge in [-0.25, -0.2) is 0 Å². The molecule has 2 atom stereocenters. The van der Waals surface area contributed by atoms with Crippen LogP contribution in [0.5, 0.6) is 23.0 Å². The summed E-state index contributed by atoms with van der Waals surface area (Å²) >= 11 is 0. The molecule has 320 valence electrons. The quantitative estimate of drug-likeness (QED) is 0.0738. The molecule has 5 aliphatic rings. The number of hydrogen-bond acceptors (Lipinski definition) is 8. The first-order valence-electron chi connectivity index (χ1n) is 21.6. The summed E-state index contributed by atoms with van der Waals surface area (Å²) in [7, 11) is 12.8. The van der Waals surface area contributed by atoms with Crippen LogP contribution in [-0.4, -0.2) is 57.5 Å². The molecule has 0 saturated heterocycles. The fourth-order valence-electron chi connectivity index (χ4n) is 11.5. The van der Waals surface area contributed by atoms with E-state index in [2.05, 4.69) is 122 Å². The van der Waals surface area contributed by atoms with Crippen LogP contribution in [0.1, 0.15) is 108 Å². The fraction of sp³-hybridized carbons (Fsp3) is 0.321. The minimum atomic E-state index is -1.19. The molecule has 0 heterocycles. The van der Waals surface area contributed by atoms with Crippen molar-refractivity contribution >= 4 is 43.7 Å². The minimum absolute atomic E-state index is 0.0132. The van der Waals surface area contributed by atoms with E-state index in [-0.39, 0.29) is 33.0 Å². The third-order valence-electron chi connectivity index (χ3n) is 14.2. The molecular formula is C53H55B2NO7. The molecule has 4 radical (unpaired) electrons. The third kappa shape index (κ3) is 6.50. The lowest BCUT2D eigenvalue weighted by Gasteiger charge is -2.35. The van der Waals surface area contributed by atoms with Gasteiger partial charge in [0, 0.05) is 33.3 Å². The SMILES string of the molecule is [B]/C1=C(\O)C(N(c2ccc3c(c2)C(C)(C)CC32CC(C)(C)C3=C2C=CC=CC3)c2ccc3c(c2)C(C)(C)C(=C/C=C)/C3=C\CC)C=C(O)/C(O)=C(/c2c([B])c(O)c(O)c(O)c2O)C1. The molecule has 0 aromatic heterocycles. The van der Waals surface area contributed by atoms with Crippen molar-refractivity contribution in [1.82, 2.24) is 0 Å². The van der Waals surface area contributed by atoms with Crippen LogP contribution < -0.4 is 10.4 Å². The van der Waals surface area contributed by atoms with E-state index in [9.17, 15) is 35.7 Å². The van der Waals surface area contributed by atoms with Crippen LogP contribution in [0.3, 0.4) is 0 Å². The number of nitrogens with zero attached hydrogens (tertiary/aromatic N) is 1. The monoisotopic (exact) mass is 839 g/mol. The molecule has 8 rings (SSSR count). The number of benzene rings is 3. The Bertz CT molecular complexity index is 2740. The number of aliphatic hydroxyl groups excluding tert-OH is 3. The maximum atomic E-state index is 12.4. The van der Waals surface area contributed by atoms with E-state index in [4.69, 9.17) is 15.7 Å². The van der Waals surface area contributed by atoms with E-state index in [1.807, 2.05) is 11.0 Å². The number of phenols is 4. The molecule has 0 saturated carbocycles. The summed E-state index contributed by atoms with van der Waals surface area (Å²) in [6.45, 7) is 19.7.